The zero-order valence-electron chi connectivity index (χ0n) is 10.5. The number of hydrogen-bond donors (Lipinski definition) is 1. The summed E-state index contributed by atoms with van der Waals surface area (Å²) < 4.78 is 0. The molecule has 3 nitrogen and oxygen atoms in total. The molecule has 1 aromatic heterocycles. The smallest absolute Gasteiger partial charge is 0.142 e. The van der Waals surface area contributed by atoms with E-state index in [1.807, 2.05) is 30.3 Å². The SMILES string of the molecule is CC(C)c1cccc(Nc2cccc(C#N)n2)c1. The third-order valence-corrected chi connectivity index (χ3v) is 2.69. The van der Waals surface area contributed by atoms with E-state index in [2.05, 4.69) is 36.3 Å². The fraction of sp³-hybridized carbons (Fsp3) is 0.200. The Balaban J connectivity index is 2.23. The Kier molecular flexibility index (Phi) is 3.59. The maximum atomic E-state index is 8.80. The van der Waals surface area contributed by atoms with Gasteiger partial charge in [-0.3, -0.25) is 0 Å². The van der Waals surface area contributed by atoms with Crippen molar-refractivity contribution < 1.29 is 0 Å². The number of aromatic nitrogens is 1. The first-order valence-corrected chi connectivity index (χ1v) is 5.93. The van der Waals surface area contributed by atoms with Crippen molar-refractivity contribution in [2.24, 2.45) is 0 Å². The van der Waals surface area contributed by atoms with E-state index in [9.17, 15) is 0 Å². The maximum absolute atomic E-state index is 8.80. The van der Waals surface area contributed by atoms with Gasteiger partial charge in [0.15, 0.2) is 0 Å². The van der Waals surface area contributed by atoms with E-state index in [0.29, 0.717) is 17.4 Å². The van der Waals surface area contributed by atoms with Gasteiger partial charge in [-0.05, 0) is 35.7 Å². The molecule has 0 unspecified atom stereocenters. The first-order chi connectivity index (χ1) is 8.69. The lowest BCUT2D eigenvalue weighted by molar-refractivity contribution is 0.867. The van der Waals surface area contributed by atoms with Crippen LogP contribution in [-0.2, 0) is 0 Å². The number of pyridine rings is 1. The second-order valence-corrected chi connectivity index (χ2v) is 4.43. The molecule has 0 bridgehead atoms. The van der Waals surface area contributed by atoms with Crippen LogP contribution in [0.15, 0.2) is 42.5 Å². The van der Waals surface area contributed by atoms with E-state index in [1.54, 1.807) is 6.07 Å². The van der Waals surface area contributed by atoms with E-state index in [4.69, 9.17) is 5.26 Å². The molecule has 90 valence electrons. The Bertz CT molecular complexity index is 582. The second kappa shape index (κ2) is 5.33. The quantitative estimate of drug-likeness (QED) is 0.882. The van der Waals surface area contributed by atoms with Crippen molar-refractivity contribution in [1.29, 1.82) is 5.26 Å². The van der Waals surface area contributed by atoms with E-state index < -0.39 is 0 Å². The molecule has 18 heavy (non-hydrogen) atoms. The van der Waals surface area contributed by atoms with Crippen molar-refractivity contribution in [2.75, 3.05) is 5.32 Å². The van der Waals surface area contributed by atoms with Crippen molar-refractivity contribution in [3.8, 4) is 6.07 Å². The van der Waals surface area contributed by atoms with Crippen molar-refractivity contribution in [2.45, 2.75) is 19.8 Å². The van der Waals surface area contributed by atoms with Crippen molar-refractivity contribution >= 4 is 11.5 Å². The summed E-state index contributed by atoms with van der Waals surface area (Å²) in [6.07, 6.45) is 0. The predicted octanol–water partition coefficient (Wildman–Crippen LogP) is 3.82. The van der Waals surface area contributed by atoms with E-state index in [0.717, 1.165) is 5.69 Å². The number of benzene rings is 1. The fourth-order valence-corrected chi connectivity index (χ4v) is 1.69. The molecule has 0 spiro atoms. The Morgan fingerprint density at radius 2 is 1.94 bits per heavy atom. The second-order valence-electron chi connectivity index (χ2n) is 4.43. The molecule has 0 fully saturated rings. The third-order valence-electron chi connectivity index (χ3n) is 2.69. The molecule has 0 atom stereocenters. The van der Waals surface area contributed by atoms with Crippen molar-refractivity contribution in [3.05, 3.63) is 53.7 Å². The Labute approximate surface area is 107 Å². The van der Waals surface area contributed by atoms with Crippen LogP contribution in [0.25, 0.3) is 0 Å². The highest BCUT2D eigenvalue weighted by Gasteiger charge is 2.01. The molecular weight excluding hydrogens is 222 g/mol. The lowest BCUT2D eigenvalue weighted by atomic mass is 10.0. The van der Waals surface area contributed by atoms with Gasteiger partial charge < -0.3 is 5.32 Å². The van der Waals surface area contributed by atoms with Crippen molar-refractivity contribution in [1.82, 2.24) is 4.98 Å². The lowest BCUT2D eigenvalue weighted by Gasteiger charge is -2.09. The fourth-order valence-electron chi connectivity index (χ4n) is 1.69. The molecule has 2 aromatic rings. The molecule has 1 aromatic carbocycles. The molecule has 2 rings (SSSR count). The lowest BCUT2D eigenvalue weighted by Crippen LogP contribution is -1.96. The zero-order valence-corrected chi connectivity index (χ0v) is 10.5. The summed E-state index contributed by atoms with van der Waals surface area (Å²) in [4.78, 5) is 4.19. The summed E-state index contributed by atoms with van der Waals surface area (Å²) in [5, 5.41) is 12.0. The van der Waals surface area contributed by atoms with Crippen LogP contribution in [-0.4, -0.2) is 4.98 Å². The van der Waals surface area contributed by atoms with Gasteiger partial charge in [0, 0.05) is 5.69 Å². The number of nitrogens with zero attached hydrogens (tertiary/aromatic N) is 2. The molecule has 0 aliphatic heterocycles. The summed E-state index contributed by atoms with van der Waals surface area (Å²) in [6, 6.07) is 15.6. The number of anilines is 2. The van der Waals surface area contributed by atoms with Crippen LogP contribution in [0.5, 0.6) is 0 Å². The topological polar surface area (TPSA) is 48.7 Å². The van der Waals surface area contributed by atoms with Crippen LogP contribution < -0.4 is 5.32 Å². The molecule has 3 heteroatoms. The van der Waals surface area contributed by atoms with Crippen LogP contribution >= 0.6 is 0 Å². The van der Waals surface area contributed by atoms with Crippen LogP contribution in [0, 0.1) is 11.3 Å². The Morgan fingerprint density at radius 1 is 1.17 bits per heavy atom. The molecule has 1 heterocycles. The minimum atomic E-state index is 0.417. The number of nitrogens with one attached hydrogen (secondary N) is 1. The Morgan fingerprint density at radius 3 is 2.67 bits per heavy atom. The Hall–Kier alpha value is -2.34. The average Bonchev–Trinajstić information content (AvgIpc) is 2.39. The average molecular weight is 237 g/mol. The van der Waals surface area contributed by atoms with E-state index in [-0.39, 0.29) is 0 Å². The summed E-state index contributed by atoms with van der Waals surface area (Å²) in [7, 11) is 0. The molecule has 0 saturated heterocycles. The largest absolute Gasteiger partial charge is 0.340 e. The van der Waals surface area contributed by atoms with Gasteiger partial charge in [0.05, 0.1) is 0 Å². The van der Waals surface area contributed by atoms with Gasteiger partial charge in [0.2, 0.25) is 0 Å². The van der Waals surface area contributed by atoms with Gasteiger partial charge in [0.1, 0.15) is 17.6 Å². The summed E-state index contributed by atoms with van der Waals surface area (Å²) in [6.45, 7) is 4.32. The maximum Gasteiger partial charge on any atom is 0.142 e. The standard InChI is InChI=1S/C15H15N3/c1-11(2)12-5-3-6-13(9-12)17-15-8-4-7-14(10-16)18-15/h3-9,11H,1-2H3,(H,17,18). The highest BCUT2D eigenvalue weighted by atomic mass is 15.0. The normalized spacial score (nSPS) is 10.1. The highest BCUT2D eigenvalue weighted by molar-refractivity contribution is 5.57. The molecule has 1 N–H and O–H groups in total. The van der Waals surface area contributed by atoms with E-state index >= 15 is 0 Å². The summed E-state index contributed by atoms with van der Waals surface area (Å²) in [5.74, 6) is 1.18. The van der Waals surface area contributed by atoms with Gasteiger partial charge in [0.25, 0.3) is 0 Å². The van der Waals surface area contributed by atoms with Crippen LogP contribution in [0.2, 0.25) is 0 Å². The minimum absolute atomic E-state index is 0.417. The molecular formula is C15H15N3. The first-order valence-electron chi connectivity index (χ1n) is 5.93. The number of rotatable bonds is 3. The number of hydrogen-bond acceptors (Lipinski definition) is 3. The molecule has 0 amide bonds. The van der Waals surface area contributed by atoms with Crippen LogP contribution in [0.3, 0.4) is 0 Å². The van der Waals surface area contributed by atoms with Gasteiger partial charge in [-0.15, -0.1) is 0 Å². The summed E-state index contributed by atoms with van der Waals surface area (Å²) in [5.41, 5.74) is 2.68. The monoisotopic (exact) mass is 237 g/mol. The van der Waals surface area contributed by atoms with Gasteiger partial charge >= 0.3 is 0 Å². The molecule has 0 saturated carbocycles. The van der Waals surface area contributed by atoms with Gasteiger partial charge in [-0.25, -0.2) is 4.98 Å². The van der Waals surface area contributed by atoms with Crippen LogP contribution in [0.4, 0.5) is 11.5 Å². The molecule has 0 aliphatic carbocycles. The predicted molar refractivity (Wildman–Crippen MR) is 72.8 cm³/mol. The van der Waals surface area contributed by atoms with Gasteiger partial charge in [-0.1, -0.05) is 32.0 Å². The molecule has 0 radical (unpaired) electrons. The number of nitriles is 1. The van der Waals surface area contributed by atoms with Gasteiger partial charge in [-0.2, -0.15) is 5.26 Å². The molecule has 0 aliphatic rings. The highest BCUT2D eigenvalue weighted by Crippen LogP contribution is 2.21. The van der Waals surface area contributed by atoms with Crippen LogP contribution in [0.1, 0.15) is 31.0 Å². The summed E-state index contributed by atoms with van der Waals surface area (Å²) >= 11 is 0. The van der Waals surface area contributed by atoms with Crippen molar-refractivity contribution in [3.63, 3.8) is 0 Å². The minimum Gasteiger partial charge on any atom is -0.340 e. The zero-order chi connectivity index (χ0) is 13.0. The third kappa shape index (κ3) is 2.86. The first kappa shape index (κ1) is 12.1. The van der Waals surface area contributed by atoms with E-state index in [1.165, 1.54) is 5.56 Å².